The van der Waals surface area contributed by atoms with Crippen molar-refractivity contribution in [3.63, 3.8) is 0 Å². The van der Waals surface area contributed by atoms with Gasteiger partial charge in [0, 0.05) is 27.3 Å². The molecule has 1 saturated carbocycles. The number of nitrogens with one attached hydrogen (secondary N) is 1. The van der Waals surface area contributed by atoms with E-state index in [0.717, 1.165) is 45.9 Å². The molecule has 0 aliphatic heterocycles. The maximum Gasteiger partial charge on any atom is 0.242 e. The van der Waals surface area contributed by atoms with Crippen molar-refractivity contribution in [2.24, 2.45) is 0 Å². The van der Waals surface area contributed by atoms with E-state index in [9.17, 15) is 9.59 Å². The van der Waals surface area contributed by atoms with Crippen molar-refractivity contribution >= 4 is 55.4 Å². The number of hydrogen-bond acceptors (Lipinski definition) is 3. The predicted molar refractivity (Wildman–Crippen MR) is 139 cm³/mol. The normalized spacial score (nSPS) is 15.2. The number of benzene rings is 2. The summed E-state index contributed by atoms with van der Waals surface area (Å²) in [5.41, 5.74) is 2.18. The second-order valence-corrected chi connectivity index (χ2v) is 11.1. The Morgan fingerprint density at radius 1 is 1.03 bits per heavy atom. The molecule has 2 aromatic rings. The summed E-state index contributed by atoms with van der Waals surface area (Å²) in [6.45, 7) is 2.25. The maximum absolute atomic E-state index is 13.2. The Balaban J connectivity index is 1.64. The molecule has 1 aliphatic rings. The first-order chi connectivity index (χ1) is 15.4. The number of amides is 2. The van der Waals surface area contributed by atoms with Crippen LogP contribution in [0.25, 0.3) is 0 Å². The number of nitrogens with zero attached hydrogens (tertiary/aromatic N) is 1. The molecule has 7 heteroatoms. The highest BCUT2D eigenvalue weighted by molar-refractivity contribution is 9.10. The van der Waals surface area contributed by atoms with E-state index in [0.29, 0.717) is 12.3 Å². The first kappa shape index (κ1) is 25.3. The van der Waals surface area contributed by atoms with Crippen LogP contribution in [0.1, 0.15) is 50.2 Å². The largest absolute Gasteiger partial charge is 0.352 e. The van der Waals surface area contributed by atoms with Gasteiger partial charge in [-0.3, -0.25) is 9.59 Å². The first-order valence-electron chi connectivity index (χ1n) is 11.1. The third kappa shape index (κ3) is 7.92. The molecule has 0 unspecified atom stereocenters. The van der Waals surface area contributed by atoms with Crippen molar-refractivity contribution in [3.05, 3.63) is 68.6 Å². The van der Waals surface area contributed by atoms with E-state index >= 15 is 0 Å². The van der Waals surface area contributed by atoms with E-state index in [4.69, 9.17) is 0 Å². The lowest BCUT2D eigenvalue weighted by Crippen LogP contribution is -2.50. The molecule has 0 bridgehead atoms. The molecule has 0 aromatic heterocycles. The first-order valence-corrected chi connectivity index (χ1v) is 13.8. The Bertz CT molecular complexity index is 901. The van der Waals surface area contributed by atoms with E-state index in [1.54, 1.807) is 16.7 Å². The van der Waals surface area contributed by atoms with Crippen LogP contribution in [0.3, 0.4) is 0 Å². The highest BCUT2D eigenvalue weighted by Crippen LogP contribution is 2.21. The Morgan fingerprint density at radius 3 is 2.44 bits per heavy atom. The number of halogens is 2. The summed E-state index contributed by atoms with van der Waals surface area (Å²) in [4.78, 5) is 28.0. The molecule has 2 amide bonds. The van der Waals surface area contributed by atoms with Crippen LogP contribution in [-0.4, -0.2) is 34.6 Å². The fourth-order valence-electron chi connectivity index (χ4n) is 3.90. The molecule has 1 N–H and O–H groups in total. The van der Waals surface area contributed by atoms with Gasteiger partial charge in [-0.15, -0.1) is 11.8 Å². The zero-order chi connectivity index (χ0) is 22.9. The van der Waals surface area contributed by atoms with E-state index in [1.807, 2.05) is 43.3 Å². The lowest BCUT2D eigenvalue weighted by atomic mass is 9.95. The molecule has 0 radical (unpaired) electrons. The predicted octanol–water partition coefficient (Wildman–Crippen LogP) is 6.31. The minimum Gasteiger partial charge on any atom is -0.352 e. The van der Waals surface area contributed by atoms with Crippen molar-refractivity contribution in [3.8, 4) is 0 Å². The molecule has 32 heavy (non-hydrogen) atoms. The highest BCUT2D eigenvalue weighted by atomic mass is 79.9. The van der Waals surface area contributed by atoms with Crippen LogP contribution in [0.2, 0.25) is 0 Å². The van der Waals surface area contributed by atoms with Gasteiger partial charge in [-0.1, -0.05) is 75.4 Å². The monoisotopic (exact) mass is 580 g/mol. The zero-order valence-corrected chi connectivity index (χ0v) is 22.3. The summed E-state index contributed by atoms with van der Waals surface area (Å²) in [5.74, 6) is 1.02. The Morgan fingerprint density at radius 2 is 1.75 bits per heavy atom. The fourth-order valence-corrected chi connectivity index (χ4v) is 5.48. The number of thioether (sulfide) groups is 1. The van der Waals surface area contributed by atoms with E-state index in [1.165, 1.54) is 12.0 Å². The zero-order valence-electron chi connectivity index (χ0n) is 18.4. The topological polar surface area (TPSA) is 49.4 Å². The second-order valence-electron chi connectivity index (χ2n) is 8.29. The lowest BCUT2D eigenvalue weighted by Gasteiger charge is -2.31. The standard InChI is InChI=1S/C25H30Br2N2O2S/c1-18(25(31)28-23-8-3-2-4-9-23)29(15-20-6-5-7-22(27)14-20)24(30)17-32-16-19-10-12-21(26)13-11-19/h5-7,10-14,18,23H,2-4,8-9,15-17H2,1H3,(H,28,31)/t18-/m0/s1. The van der Waals surface area contributed by atoms with Gasteiger partial charge in [0.15, 0.2) is 0 Å². The van der Waals surface area contributed by atoms with Gasteiger partial charge in [0.25, 0.3) is 0 Å². The van der Waals surface area contributed by atoms with Crippen molar-refractivity contribution in [1.29, 1.82) is 0 Å². The Hall–Kier alpha value is -1.31. The molecule has 1 aliphatic carbocycles. The van der Waals surface area contributed by atoms with E-state index in [2.05, 4.69) is 49.3 Å². The summed E-state index contributed by atoms with van der Waals surface area (Å²) in [7, 11) is 0. The molecule has 1 atom stereocenters. The van der Waals surface area contributed by atoms with Crippen LogP contribution in [0.4, 0.5) is 0 Å². The minimum atomic E-state index is -0.517. The molecular formula is C25H30Br2N2O2S. The average molecular weight is 582 g/mol. The second kappa shape index (κ2) is 12.8. The third-order valence-corrected chi connectivity index (χ3v) is 7.78. The molecule has 0 heterocycles. The van der Waals surface area contributed by atoms with Crippen molar-refractivity contribution in [2.75, 3.05) is 5.75 Å². The molecular weight excluding hydrogens is 552 g/mol. The Kier molecular flexibility index (Phi) is 10.1. The van der Waals surface area contributed by atoms with Gasteiger partial charge in [-0.05, 0) is 55.2 Å². The van der Waals surface area contributed by atoms with Crippen LogP contribution in [-0.2, 0) is 21.9 Å². The quantitative estimate of drug-likeness (QED) is 0.377. The smallest absolute Gasteiger partial charge is 0.242 e. The molecule has 1 fully saturated rings. The van der Waals surface area contributed by atoms with Crippen molar-refractivity contribution < 1.29 is 9.59 Å². The highest BCUT2D eigenvalue weighted by Gasteiger charge is 2.28. The van der Waals surface area contributed by atoms with Crippen LogP contribution >= 0.6 is 43.6 Å². The summed E-state index contributed by atoms with van der Waals surface area (Å²) in [5, 5.41) is 3.19. The molecule has 2 aromatic carbocycles. The molecule has 4 nitrogen and oxygen atoms in total. The number of carbonyl (C=O) groups is 2. The van der Waals surface area contributed by atoms with Gasteiger partial charge < -0.3 is 10.2 Å². The van der Waals surface area contributed by atoms with Gasteiger partial charge in [-0.2, -0.15) is 0 Å². The fraction of sp³-hybridized carbons (Fsp3) is 0.440. The summed E-state index contributed by atoms with van der Waals surface area (Å²) in [6, 6.07) is 15.8. The molecule has 172 valence electrons. The molecule has 0 saturated heterocycles. The van der Waals surface area contributed by atoms with E-state index < -0.39 is 6.04 Å². The van der Waals surface area contributed by atoms with Crippen LogP contribution in [0.15, 0.2) is 57.5 Å². The van der Waals surface area contributed by atoms with Crippen molar-refractivity contribution in [1.82, 2.24) is 10.2 Å². The lowest BCUT2D eigenvalue weighted by molar-refractivity contribution is -0.139. The van der Waals surface area contributed by atoms with Gasteiger partial charge in [0.05, 0.1) is 5.75 Å². The molecule has 3 rings (SSSR count). The van der Waals surface area contributed by atoms with Crippen LogP contribution in [0.5, 0.6) is 0 Å². The average Bonchev–Trinajstić information content (AvgIpc) is 2.79. The van der Waals surface area contributed by atoms with Gasteiger partial charge in [0.1, 0.15) is 6.04 Å². The van der Waals surface area contributed by atoms with Crippen LogP contribution in [0, 0.1) is 0 Å². The number of carbonyl (C=O) groups excluding carboxylic acids is 2. The Labute approximate surface area is 212 Å². The molecule has 0 spiro atoms. The van der Waals surface area contributed by atoms with Gasteiger partial charge in [-0.25, -0.2) is 0 Å². The summed E-state index contributed by atoms with van der Waals surface area (Å²) < 4.78 is 2.01. The number of hydrogen-bond donors (Lipinski definition) is 1. The van der Waals surface area contributed by atoms with E-state index in [-0.39, 0.29) is 17.9 Å². The summed E-state index contributed by atoms with van der Waals surface area (Å²) >= 11 is 8.53. The summed E-state index contributed by atoms with van der Waals surface area (Å²) in [6.07, 6.45) is 5.62. The van der Waals surface area contributed by atoms with Gasteiger partial charge >= 0.3 is 0 Å². The third-order valence-electron chi connectivity index (χ3n) is 5.77. The van der Waals surface area contributed by atoms with Crippen molar-refractivity contribution in [2.45, 2.75) is 63.4 Å². The van der Waals surface area contributed by atoms with Gasteiger partial charge in [0.2, 0.25) is 11.8 Å². The van der Waals surface area contributed by atoms with Crippen LogP contribution < -0.4 is 5.32 Å². The maximum atomic E-state index is 13.2. The minimum absolute atomic E-state index is 0.0154. The number of rotatable bonds is 9. The SMILES string of the molecule is C[C@@H](C(=O)NC1CCCCC1)N(Cc1cccc(Br)c1)C(=O)CSCc1ccc(Br)cc1.